The van der Waals surface area contributed by atoms with Gasteiger partial charge in [0.05, 0.1) is 11.6 Å². The molecule has 9 aromatic rings. The van der Waals surface area contributed by atoms with E-state index in [1.807, 2.05) is 78.1 Å². The number of hydrogen-bond donors (Lipinski definition) is 0. The minimum absolute atomic E-state index is 0.252. The van der Waals surface area contributed by atoms with Gasteiger partial charge in [0.25, 0.3) is 0 Å². The van der Waals surface area contributed by atoms with Gasteiger partial charge in [0.15, 0.2) is 17.5 Å². The highest BCUT2D eigenvalue weighted by atomic mass is 32.1. The molecule has 0 aliphatic heterocycles. The molecule has 0 N–H and O–H groups in total. The quantitative estimate of drug-likeness (QED) is 0.179. The zero-order valence-corrected chi connectivity index (χ0v) is 30.5. The molecule has 0 saturated heterocycles. The summed E-state index contributed by atoms with van der Waals surface area (Å²) in [5.74, 6) is 1.91. The molecule has 0 bridgehead atoms. The van der Waals surface area contributed by atoms with Gasteiger partial charge in [-0.2, -0.15) is 5.26 Å². The standard InChI is InChI=1S/C49H32N4S/c1-49(2)40-26-30(29-50)20-22-37(40)38-23-21-33(28-41(38)49)36-24-25-43-45(39-18-9-10-19-42(39)54-43)44(36)34-16-11-17-35(27-34)48-52-46(31-12-5-3-6-13-31)51-47(53-48)32-14-7-4-8-15-32/h3-28H,1-2H3. The molecule has 0 radical (unpaired) electrons. The van der Waals surface area contributed by atoms with Crippen LogP contribution in [0.5, 0.6) is 0 Å². The molecule has 254 valence electrons. The highest BCUT2D eigenvalue weighted by molar-refractivity contribution is 7.26. The molecule has 7 aromatic carbocycles. The lowest BCUT2D eigenvalue weighted by Gasteiger charge is -2.22. The van der Waals surface area contributed by atoms with E-state index in [2.05, 4.69) is 111 Å². The second kappa shape index (κ2) is 12.4. The van der Waals surface area contributed by atoms with Crippen LogP contribution in [0.3, 0.4) is 0 Å². The van der Waals surface area contributed by atoms with Crippen molar-refractivity contribution in [1.82, 2.24) is 15.0 Å². The molecule has 0 amide bonds. The lowest BCUT2D eigenvalue weighted by atomic mass is 9.80. The predicted molar refractivity (Wildman–Crippen MR) is 222 cm³/mol. The summed E-state index contributed by atoms with van der Waals surface area (Å²) in [6.45, 7) is 4.54. The lowest BCUT2D eigenvalue weighted by Crippen LogP contribution is -2.15. The summed E-state index contributed by atoms with van der Waals surface area (Å²) < 4.78 is 2.51. The van der Waals surface area contributed by atoms with Crippen LogP contribution in [-0.2, 0) is 5.41 Å². The second-order valence-corrected chi connectivity index (χ2v) is 15.4. The van der Waals surface area contributed by atoms with Gasteiger partial charge < -0.3 is 0 Å². The van der Waals surface area contributed by atoms with Crippen LogP contribution in [0.4, 0.5) is 0 Å². The summed E-state index contributed by atoms with van der Waals surface area (Å²) in [6, 6.07) is 57.5. The third-order valence-corrected chi connectivity index (χ3v) is 11.9. The summed E-state index contributed by atoms with van der Waals surface area (Å²) in [5, 5.41) is 12.2. The Morgan fingerprint density at radius 2 is 1.06 bits per heavy atom. The number of benzene rings is 7. The summed E-state index contributed by atoms with van der Waals surface area (Å²) in [6.07, 6.45) is 0. The Morgan fingerprint density at radius 3 is 1.76 bits per heavy atom. The van der Waals surface area contributed by atoms with E-state index in [-0.39, 0.29) is 5.41 Å². The van der Waals surface area contributed by atoms with Gasteiger partial charge in [-0.25, -0.2) is 15.0 Å². The lowest BCUT2D eigenvalue weighted by molar-refractivity contribution is 0.660. The van der Waals surface area contributed by atoms with Gasteiger partial charge in [-0.15, -0.1) is 11.3 Å². The number of hydrogen-bond acceptors (Lipinski definition) is 5. The van der Waals surface area contributed by atoms with E-state index in [9.17, 15) is 5.26 Å². The summed E-state index contributed by atoms with van der Waals surface area (Å²) in [4.78, 5) is 15.1. The number of aromatic nitrogens is 3. The van der Waals surface area contributed by atoms with Crippen molar-refractivity contribution in [2.45, 2.75) is 19.3 Å². The van der Waals surface area contributed by atoms with Crippen molar-refractivity contribution in [2.24, 2.45) is 0 Å². The fourth-order valence-corrected chi connectivity index (χ4v) is 9.20. The first-order chi connectivity index (χ1) is 26.5. The average Bonchev–Trinajstić information content (AvgIpc) is 3.72. The van der Waals surface area contributed by atoms with Gasteiger partial charge in [-0.3, -0.25) is 0 Å². The molecule has 0 atom stereocenters. The Balaban J connectivity index is 1.19. The molecule has 0 saturated carbocycles. The van der Waals surface area contributed by atoms with Gasteiger partial charge in [0.1, 0.15) is 0 Å². The Labute approximate surface area is 317 Å². The summed E-state index contributed by atoms with van der Waals surface area (Å²) in [5.41, 5.74) is 12.8. The molecular formula is C49H32N4S. The zero-order valence-electron chi connectivity index (χ0n) is 29.7. The van der Waals surface area contributed by atoms with Crippen molar-refractivity contribution in [3.05, 3.63) is 174 Å². The third kappa shape index (κ3) is 5.15. The fraction of sp³-hybridized carbons (Fsp3) is 0.0612. The molecule has 2 heterocycles. The minimum atomic E-state index is -0.252. The van der Waals surface area contributed by atoms with Crippen LogP contribution in [0.25, 0.3) is 87.7 Å². The minimum Gasteiger partial charge on any atom is -0.208 e. The molecule has 4 nitrogen and oxygen atoms in total. The van der Waals surface area contributed by atoms with E-state index in [4.69, 9.17) is 15.0 Å². The first-order valence-electron chi connectivity index (χ1n) is 18.1. The SMILES string of the molecule is CC1(C)c2cc(C#N)ccc2-c2ccc(-c3ccc4sc5ccccc5c4c3-c3cccc(-c4nc(-c5ccccc5)nc(-c5ccccc5)n4)c3)cc21. The normalized spacial score (nSPS) is 12.8. The summed E-state index contributed by atoms with van der Waals surface area (Å²) in [7, 11) is 0. The topological polar surface area (TPSA) is 62.5 Å². The van der Waals surface area contributed by atoms with Crippen LogP contribution >= 0.6 is 11.3 Å². The fourth-order valence-electron chi connectivity index (χ4n) is 8.08. The van der Waals surface area contributed by atoms with E-state index in [1.165, 1.54) is 53.6 Å². The van der Waals surface area contributed by atoms with E-state index in [0.29, 0.717) is 23.0 Å². The van der Waals surface area contributed by atoms with Crippen LogP contribution < -0.4 is 0 Å². The Kier molecular flexibility index (Phi) is 7.36. The smallest absolute Gasteiger partial charge is 0.164 e. The molecule has 54 heavy (non-hydrogen) atoms. The maximum absolute atomic E-state index is 9.70. The molecule has 1 aliphatic carbocycles. The van der Waals surface area contributed by atoms with Crippen molar-refractivity contribution in [2.75, 3.05) is 0 Å². The largest absolute Gasteiger partial charge is 0.208 e. The second-order valence-electron chi connectivity index (χ2n) is 14.3. The van der Waals surface area contributed by atoms with Crippen LogP contribution in [0, 0.1) is 11.3 Å². The van der Waals surface area contributed by atoms with Gasteiger partial charge >= 0.3 is 0 Å². The molecular weight excluding hydrogens is 677 g/mol. The molecule has 2 aromatic heterocycles. The average molecular weight is 709 g/mol. The molecule has 5 heteroatoms. The maximum Gasteiger partial charge on any atom is 0.164 e. The number of rotatable bonds is 5. The molecule has 0 fully saturated rings. The van der Waals surface area contributed by atoms with Crippen LogP contribution in [0.2, 0.25) is 0 Å². The van der Waals surface area contributed by atoms with Crippen molar-refractivity contribution in [1.29, 1.82) is 5.26 Å². The van der Waals surface area contributed by atoms with Crippen molar-refractivity contribution in [3.8, 4) is 73.6 Å². The van der Waals surface area contributed by atoms with Crippen LogP contribution in [0.1, 0.15) is 30.5 Å². The van der Waals surface area contributed by atoms with E-state index in [0.717, 1.165) is 27.8 Å². The predicted octanol–water partition coefficient (Wildman–Crippen LogP) is 12.8. The molecule has 1 aliphatic rings. The number of nitriles is 1. The van der Waals surface area contributed by atoms with E-state index < -0.39 is 0 Å². The summed E-state index contributed by atoms with van der Waals surface area (Å²) >= 11 is 1.83. The Morgan fingerprint density at radius 1 is 0.481 bits per heavy atom. The van der Waals surface area contributed by atoms with Gasteiger partial charge in [-0.05, 0) is 80.9 Å². The van der Waals surface area contributed by atoms with Crippen LogP contribution in [-0.4, -0.2) is 15.0 Å². The maximum atomic E-state index is 9.70. The van der Waals surface area contributed by atoms with Gasteiger partial charge in [0.2, 0.25) is 0 Å². The van der Waals surface area contributed by atoms with Gasteiger partial charge in [-0.1, -0.05) is 135 Å². The molecule has 0 unspecified atom stereocenters. The monoisotopic (exact) mass is 708 g/mol. The number of thiophene rings is 1. The van der Waals surface area contributed by atoms with E-state index in [1.54, 1.807) is 0 Å². The number of fused-ring (bicyclic) bond motifs is 6. The van der Waals surface area contributed by atoms with Crippen molar-refractivity contribution < 1.29 is 0 Å². The first-order valence-corrected chi connectivity index (χ1v) is 18.9. The highest BCUT2D eigenvalue weighted by Crippen LogP contribution is 2.51. The first kappa shape index (κ1) is 32.0. The number of nitrogens with zero attached hydrogens (tertiary/aromatic N) is 4. The molecule has 10 rings (SSSR count). The van der Waals surface area contributed by atoms with Crippen molar-refractivity contribution >= 4 is 31.5 Å². The van der Waals surface area contributed by atoms with Crippen molar-refractivity contribution in [3.63, 3.8) is 0 Å². The van der Waals surface area contributed by atoms with Crippen LogP contribution in [0.15, 0.2) is 158 Å². The third-order valence-electron chi connectivity index (χ3n) is 10.8. The highest BCUT2D eigenvalue weighted by Gasteiger charge is 2.36. The van der Waals surface area contributed by atoms with Gasteiger partial charge in [0, 0.05) is 42.3 Å². The zero-order chi connectivity index (χ0) is 36.4. The Bertz CT molecular complexity index is 2920. The Hall–Kier alpha value is -6.74. The molecule has 0 spiro atoms. The van der Waals surface area contributed by atoms with E-state index >= 15 is 0 Å².